The van der Waals surface area contributed by atoms with E-state index in [1.54, 1.807) is 16.7 Å². The Morgan fingerprint density at radius 2 is 2.00 bits per heavy atom. The first-order valence-electron chi connectivity index (χ1n) is 4.45. The molecule has 1 aromatic heterocycles. The van der Waals surface area contributed by atoms with E-state index in [4.69, 9.17) is 0 Å². The van der Waals surface area contributed by atoms with Crippen LogP contribution in [0.1, 0.15) is 0 Å². The van der Waals surface area contributed by atoms with Gasteiger partial charge in [0.25, 0.3) is 0 Å². The summed E-state index contributed by atoms with van der Waals surface area (Å²) < 4.78 is 14.4. The zero-order chi connectivity index (χ0) is 9.97. The first-order valence-corrected chi connectivity index (χ1v) is 4.45. The molecule has 6 heteroatoms. The largest absolute Gasteiger partial charge is 0.311 e. The van der Waals surface area contributed by atoms with Crippen molar-refractivity contribution in [2.45, 2.75) is 0 Å². The second-order valence-corrected chi connectivity index (χ2v) is 2.97. The molecular formula is C8H8B2FN3. The lowest BCUT2D eigenvalue weighted by Gasteiger charge is -1.94. The topological polar surface area (TPSA) is 30.7 Å². The van der Waals surface area contributed by atoms with Crippen molar-refractivity contribution >= 4 is 15.0 Å². The molecule has 0 aliphatic heterocycles. The molecule has 3 nitrogen and oxygen atoms in total. The lowest BCUT2D eigenvalue weighted by molar-refractivity contribution is 0.628. The normalized spacial score (nSPS) is 10.1. The minimum atomic E-state index is -0.239. The maximum absolute atomic E-state index is 12.6. The van der Waals surface area contributed by atoms with Gasteiger partial charge in [-0.2, -0.15) is 0 Å². The van der Waals surface area contributed by atoms with Gasteiger partial charge in [0.2, 0.25) is 7.31 Å². The van der Waals surface area contributed by atoms with Crippen LogP contribution >= 0.6 is 0 Å². The number of rotatable bonds is 2. The van der Waals surface area contributed by atoms with E-state index in [1.165, 1.54) is 12.1 Å². The van der Waals surface area contributed by atoms with Crippen molar-refractivity contribution in [1.29, 1.82) is 0 Å². The average molecular weight is 187 g/mol. The Morgan fingerprint density at radius 1 is 1.29 bits per heavy atom. The number of aromatic nitrogens is 3. The summed E-state index contributed by atoms with van der Waals surface area (Å²) in [7, 11) is 2.78. The summed E-state index contributed by atoms with van der Waals surface area (Å²) in [5.41, 5.74) is 1.65. The van der Waals surface area contributed by atoms with Crippen LogP contribution in [0.2, 0.25) is 0 Å². The van der Waals surface area contributed by atoms with Crippen molar-refractivity contribution in [3.8, 4) is 11.3 Å². The van der Waals surface area contributed by atoms with Crippen LogP contribution in [-0.4, -0.2) is 29.9 Å². The molecule has 0 aliphatic rings. The van der Waals surface area contributed by atoms with Crippen molar-refractivity contribution in [2.75, 3.05) is 0 Å². The van der Waals surface area contributed by atoms with Gasteiger partial charge < -0.3 is 4.59 Å². The van der Waals surface area contributed by atoms with E-state index in [9.17, 15) is 4.39 Å². The fourth-order valence-corrected chi connectivity index (χ4v) is 1.21. The highest BCUT2D eigenvalue weighted by Gasteiger charge is 2.02. The smallest absolute Gasteiger partial charge is 0.225 e. The zero-order valence-corrected chi connectivity index (χ0v) is 7.81. The van der Waals surface area contributed by atoms with E-state index in [2.05, 4.69) is 10.3 Å². The summed E-state index contributed by atoms with van der Waals surface area (Å²) >= 11 is 0. The molecule has 2 aromatic rings. The van der Waals surface area contributed by atoms with Crippen molar-refractivity contribution in [2.24, 2.45) is 0 Å². The Labute approximate surface area is 82.6 Å². The lowest BCUT2D eigenvalue weighted by Crippen LogP contribution is -2.05. The number of hydrogen-bond acceptors (Lipinski definition) is 2. The molecule has 68 valence electrons. The minimum absolute atomic E-state index is 0.239. The number of benzene rings is 1. The first-order chi connectivity index (χ1) is 6.79. The SMILES string of the molecule is BBn1cc(-c2ccc(F)cc2)nn1. The van der Waals surface area contributed by atoms with E-state index in [1.807, 2.05) is 13.9 Å². The summed E-state index contributed by atoms with van der Waals surface area (Å²) in [6.07, 6.45) is 1.84. The third kappa shape index (κ3) is 1.69. The molecule has 0 aliphatic carbocycles. The molecule has 0 N–H and O–H groups in total. The highest BCUT2D eigenvalue weighted by Crippen LogP contribution is 2.15. The van der Waals surface area contributed by atoms with Crippen LogP contribution in [0.3, 0.4) is 0 Å². The van der Waals surface area contributed by atoms with Crippen molar-refractivity contribution in [3.05, 3.63) is 36.3 Å². The van der Waals surface area contributed by atoms with Crippen LogP contribution in [0.25, 0.3) is 11.3 Å². The number of nitrogens with zero attached hydrogens (tertiary/aromatic N) is 3. The molecule has 2 rings (SSSR count). The Hall–Kier alpha value is -1.58. The summed E-state index contributed by atoms with van der Waals surface area (Å²) in [6, 6.07) is 6.22. The summed E-state index contributed by atoms with van der Waals surface area (Å²) in [5, 5.41) is 7.88. The van der Waals surface area contributed by atoms with Gasteiger partial charge in [-0.15, -0.1) is 5.10 Å². The molecular weight excluding hydrogens is 179 g/mol. The van der Waals surface area contributed by atoms with Gasteiger partial charge in [0.05, 0.1) is 7.74 Å². The van der Waals surface area contributed by atoms with Crippen molar-refractivity contribution in [1.82, 2.24) is 14.9 Å². The molecule has 0 fully saturated rings. The predicted octanol–water partition coefficient (Wildman–Crippen LogP) is -0.168. The van der Waals surface area contributed by atoms with Crippen LogP contribution in [0.5, 0.6) is 0 Å². The molecule has 0 amide bonds. The maximum atomic E-state index is 12.6. The van der Waals surface area contributed by atoms with Gasteiger partial charge in [-0.05, 0) is 24.3 Å². The van der Waals surface area contributed by atoms with Crippen LogP contribution < -0.4 is 0 Å². The average Bonchev–Trinajstić information content (AvgIpc) is 2.67. The Bertz CT molecular complexity index is 426. The standard InChI is InChI=1S/C8H8B2FN3/c9-10-14-5-8(12-13-14)6-1-3-7(11)4-2-6/h1-5,10H,9H2. The van der Waals surface area contributed by atoms with E-state index in [0.717, 1.165) is 18.6 Å². The van der Waals surface area contributed by atoms with Gasteiger partial charge in [-0.3, -0.25) is 0 Å². The highest BCUT2D eigenvalue weighted by molar-refractivity contribution is 6.88. The van der Waals surface area contributed by atoms with E-state index < -0.39 is 0 Å². The third-order valence-corrected chi connectivity index (χ3v) is 2.00. The van der Waals surface area contributed by atoms with E-state index in [0.29, 0.717) is 0 Å². The monoisotopic (exact) mass is 187 g/mol. The molecule has 14 heavy (non-hydrogen) atoms. The van der Waals surface area contributed by atoms with Crippen LogP contribution in [-0.2, 0) is 0 Å². The van der Waals surface area contributed by atoms with Crippen LogP contribution in [0.4, 0.5) is 4.39 Å². The Balaban J connectivity index is 2.34. The zero-order valence-electron chi connectivity index (χ0n) is 7.81. The first kappa shape index (κ1) is 8.99. The van der Waals surface area contributed by atoms with Gasteiger partial charge >= 0.3 is 0 Å². The van der Waals surface area contributed by atoms with Gasteiger partial charge in [0, 0.05) is 11.8 Å². The van der Waals surface area contributed by atoms with Crippen LogP contribution in [0.15, 0.2) is 30.5 Å². The van der Waals surface area contributed by atoms with Gasteiger partial charge in [-0.25, -0.2) is 4.39 Å². The van der Waals surface area contributed by atoms with Crippen LogP contribution in [0, 0.1) is 5.82 Å². The highest BCUT2D eigenvalue weighted by atomic mass is 19.1. The van der Waals surface area contributed by atoms with E-state index in [-0.39, 0.29) is 5.82 Å². The molecule has 0 atom stereocenters. The molecule has 0 spiro atoms. The van der Waals surface area contributed by atoms with Crippen molar-refractivity contribution in [3.63, 3.8) is 0 Å². The fraction of sp³-hybridized carbons (Fsp3) is 0. The fourth-order valence-electron chi connectivity index (χ4n) is 1.21. The second-order valence-electron chi connectivity index (χ2n) is 2.97. The van der Waals surface area contributed by atoms with Gasteiger partial charge in [0.15, 0.2) is 0 Å². The molecule has 0 saturated carbocycles. The number of halogens is 1. The minimum Gasteiger partial charge on any atom is -0.311 e. The van der Waals surface area contributed by atoms with E-state index >= 15 is 0 Å². The quantitative estimate of drug-likeness (QED) is 0.611. The Kier molecular flexibility index (Phi) is 2.35. The molecule has 0 saturated heterocycles. The maximum Gasteiger partial charge on any atom is 0.225 e. The molecule has 1 aromatic carbocycles. The molecule has 0 radical (unpaired) electrons. The molecule has 0 bridgehead atoms. The molecule has 1 heterocycles. The van der Waals surface area contributed by atoms with Gasteiger partial charge in [-0.1, -0.05) is 5.21 Å². The summed E-state index contributed by atoms with van der Waals surface area (Å²) in [5.74, 6) is -0.239. The summed E-state index contributed by atoms with van der Waals surface area (Å²) in [4.78, 5) is 0. The number of hydrogen-bond donors (Lipinski definition) is 0. The second kappa shape index (κ2) is 3.65. The van der Waals surface area contributed by atoms with Crippen molar-refractivity contribution < 1.29 is 4.39 Å². The lowest BCUT2D eigenvalue weighted by atomic mass is 9.67. The molecule has 0 unspecified atom stereocenters. The van der Waals surface area contributed by atoms with Gasteiger partial charge in [0.1, 0.15) is 11.5 Å². The predicted molar refractivity (Wildman–Crippen MR) is 56.5 cm³/mol. The summed E-state index contributed by atoms with van der Waals surface area (Å²) in [6.45, 7) is 0. The Morgan fingerprint density at radius 3 is 2.57 bits per heavy atom. The third-order valence-electron chi connectivity index (χ3n) is 2.00.